The molecule has 5 nitrogen and oxygen atoms in total. The Morgan fingerprint density at radius 1 is 1.33 bits per heavy atom. The third kappa shape index (κ3) is 4.46. The van der Waals surface area contributed by atoms with E-state index in [-0.39, 0.29) is 19.0 Å². The van der Waals surface area contributed by atoms with Gasteiger partial charge in [0.2, 0.25) is 5.91 Å². The Bertz CT molecular complexity index is 420. The molecular weight excluding hydrogens is 298 g/mol. The second kappa shape index (κ2) is 7.13. The van der Waals surface area contributed by atoms with Crippen LogP contribution in [0.3, 0.4) is 0 Å². The molecule has 0 spiro atoms. The van der Waals surface area contributed by atoms with E-state index in [2.05, 4.69) is 21.2 Å². The highest BCUT2D eigenvalue weighted by molar-refractivity contribution is 9.10. The van der Waals surface area contributed by atoms with Crippen LogP contribution >= 0.6 is 15.9 Å². The number of imide groups is 1. The Balaban J connectivity index is 2.53. The molecule has 0 saturated heterocycles. The molecule has 0 bridgehead atoms. The van der Waals surface area contributed by atoms with Crippen LogP contribution < -0.4 is 11.1 Å². The Morgan fingerprint density at radius 3 is 2.44 bits per heavy atom. The van der Waals surface area contributed by atoms with E-state index in [9.17, 15) is 9.59 Å². The molecule has 0 unspecified atom stereocenters. The van der Waals surface area contributed by atoms with Gasteiger partial charge in [-0.25, -0.2) is 4.79 Å². The molecule has 0 aliphatic rings. The first-order valence-corrected chi connectivity index (χ1v) is 6.34. The minimum Gasteiger partial charge on any atom is -0.334 e. The number of carbonyl (C=O) groups is 2. The molecule has 98 valence electrons. The number of amides is 3. The van der Waals surface area contributed by atoms with E-state index in [1.807, 2.05) is 24.3 Å². The van der Waals surface area contributed by atoms with Crippen molar-refractivity contribution in [3.63, 3.8) is 0 Å². The van der Waals surface area contributed by atoms with E-state index in [0.29, 0.717) is 6.54 Å². The van der Waals surface area contributed by atoms with E-state index in [4.69, 9.17) is 5.73 Å². The number of nitrogens with zero attached hydrogens (tertiary/aromatic N) is 1. The predicted octanol–water partition coefficient (Wildman–Crippen LogP) is 1.47. The van der Waals surface area contributed by atoms with Crippen molar-refractivity contribution in [2.45, 2.75) is 13.5 Å². The number of rotatable bonds is 4. The molecule has 18 heavy (non-hydrogen) atoms. The molecule has 0 heterocycles. The Morgan fingerprint density at radius 2 is 1.94 bits per heavy atom. The highest BCUT2D eigenvalue weighted by Crippen LogP contribution is 2.10. The van der Waals surface area contributed by atoms with Gasteiger partial charge in [-0.15, -0.1) is 0 Å². The lowest BCUT2D eigenvalue weighted by Gasteiger charge is -2.18. The van der Waals surface area contributed by atoms with Crippen LogP contribution in [-0.2, 0) is 11.3 Å². The van der Waals surface area contributed by atoms with E-state index in [1.54, 1.807) is 0 Å². The molecule has 3 N–H and O–H groups in total. The molecule has 1 aromatic rings. The van der Waals surface area contributed by atoms with Crippen molar-refractivity contribution in [3.8, 4) is 0 Å². The second-order valence-electron chi connectivity index (χ2n) is 3.74. The third-order valence-electron chi connectivity index (χ3n) is 2.33. The second-order valence-corrected chi connectivity index (χ2v) is 4.66. The van der Waals surface area contributed by atoms with Crippen LogP contribution in [0.2, 0.25) is 0 Å². The highest BCUT2D eigenvalue weighted by Gasteiger charge is 2.16. The van der Waals surface area contributed by atoms with Crippen LogP contribution in [0.5, 0.6) is 0 Å². The molecule has 0 aliphatic heterocycles. The van der Waals surface area contributed by atoms with E-state index >= 15 is 0 Å². The van der Waals surface area contributed by atoms with Crippen molar-refractivity contribution in [1.82, 2.24) is 10.2 Å². The summed E-state index contributed by atoms with van der Waals surface area (Å²) in [5.41, 5.74) is 6.31. The molecule has 1 aromatic carbocycles. The zero-order chi connectivity index (χ0) is 13.5. The number of carbonyl (C=O) groups excluding carboxylic acids is 2. The molecule has 0 aliphatic carbocycles. The average molecular weight is 314 g/mol. The van der Waals surface area contributed by atoms with Gasteiger partial charge in [-0.3, -0.25) is 9.69 Å². The van der Waals surface area contributed by atoms with Crippen molar-refractivity contribution in [3.05, 3.63) is 34.3 Å². The minimum atomic E-state index is -0.420. The van der Waals surface area contributed by atoms with E-state index in [1.165, 1.54) is 6.92 Å². The van der Waals surface area contributed by atoms with Crippen molar-refractivity contribution < 1.29 is 9.59 Å². The van der Waals surface area contributed by atoms with Crippen LogP contribution in [0.4, 0.5) is 4.79 Å². The normalized spacial score (nSPS) is 9.94. The number of urea groups is 1. The maximum absolute atomic E-state index is 11.7. The summed E-state index contributed by atoms with van der Waals surface area (Å²) in [5, 5.41) is 2.68. The van der Waals surface area contributed by atoms with Gasteiger partial charge < -0.3 is 11.1 Å². The van der Waals surface area contributed by atoms with Crippen LogP contribution in [0.15, 0.2) is 28.7 Å². The van der Waals surface area contributed by atoms with Crippen LogP contribution in [0.25, 0.3) is 0 Å². The van der Waals surface area contributed by atoms with Crippen molar-refractivity contribution in [2.24, 2.45) is 5.73 Å². The summed E-state index contributed by atoms with van der Waals surface area (Å²) in [5.74, 6) is -0.311. The zero-order valence-corrected chi connectivity index (χ0v) is 11.7. The number of nitrogens with two attached hydrogens (primary N) is 1. The maximum atomic E-state index is 11.7. The molecule has 0 fully saturated rings. The first-order chi connectivity index (χ1) is 8.54. The number of benzene rings is 1. The predicted molar refractivity (Wildman–Crippen MR) is 72.8 cm³/mol. The quantitative estimate of drug-likeness (QED) is 0.883. The van der Waals surface area contributed by atoms with Crippen LogP contribution in [0, 0.1) is 0 Å². The first-order valence-electron chi connectivity index (χ1n) is 5.55. The van der Waals surface area contributed by atoms with Crippen molar-refractivity contribution in [2.75, 3.05) is 13.1 Å². The van der Waals surface area contributed by atoms with Gasteiger partial charge >= 0.3 is 6.03 Å². The Kier molecular flexibility index (Phi) is 5.80. The average Bonchev–Trinajstić information content (AvgIpc) is 2.34. The fraction of sp³-hybridized carbons (Fsp3) is 0.333. The molecule has 3 amide bonds. The summed E-state index contributed by atoms with van der Waals surface area (Å²) in [6.45, 7) is 2.20. The third-order valence-corrected chi connectivity index (χ3v) is 2.86. The van der Waals surface area contributed by atoms with Gasteiger partial charge in [0, 0.05) is 31.0 Å². The van der Waals surface area contributed by atoms with Gasteiger partial charge in [-0.2, -0.15) is 0 Å². The van der Waals surface area contributed by atoms with Crippen LogP contribution in [0.1, 0.15) is 12.5 Å². The summed E-state index contributed by atoms with van der Waals surface area (Å²) in [4.78, 5) is 24.1. The lowest BCUT2D eigenvalue weighted by Crippen LogP contribution is -2.44. The van der Waals surface area contributed by atoms with Crippen molar-refractivity contribution >= 4 is 27.9 Å². The van der Waals surface area contributed by atoms with Gasteiger partial charge in [0.1, 0.15) is 0 Å². The monoisotopic (exact) mass is 313 g/mol. The molecule has 0 radical (unpaired) electrons. The van der Waals surface area contributed by atoms with Crippen molar-refractivity contribution in [1.29, 1.82) is 0 Å². The molecule has 0 atom stereocenters. The fourth-order valence-electron chi connectivity index (χ4n) is 1.41. The molecule has 0 aromatic heterocycles. The number of hydrogen-bond donors (Lipinski definition) is 2. The van der Waals surface area contributed by atoms with E-state index < -0.39 is 6.03 Å². The van der Waals surface area contributed by atoms with Gasteiger partial charge in [0.15, 0.2) is 0 Å². The van der Waals surface area contributed by atoms with Gasteiger partial charge in [-0.1, -0.05) is 28.1 Å². The largest absolute Gasteiger partial charge is 0.334 e. The van der Waals surface area contributed by atoms with Gasteiger partial charge in [-0.05, 0) is 17.7 Å². The first kappa shape index (κ1) is 14.7. The van der Waals surface area contributed by atoms with Gasteiger partial charge in [0.05, 0.1) is 0 Å². The van der Waals surface area contributed by atoms with Crippen LogP contribution in [-0.4, -0.2) is 29.9 Å². The lowest BCUT2D eigenvalue weighted by molar-refractivity contribution is -0.125. The standard InChI is InChI=1S/C12H16BrN3O2/c1-9(17)16(7-6-14)12(18)15-8-10-2-4-11(13)5-3-10/h2-5H,6-8,14H2,1H3,(H,15,18). The Labute approximate surface area is 114 Å². The number of hydrogen-bond acceptors (Lipinski definition) is 3. The molecular formula is C12H16BrN3O2. The number of nitrogens with one attached hydrogen (secondary N) is 1. The lowest BCUT2D eigenvalue weighted by atomic mass is 10.2. The zero-order valence-electron chi connectivity index (χ0n) is 10.1. The smallest absolute Gasteiger partial charge is 0.324 e. The molecule has 6 heteroatoms. The number of halogens is 1. The molecule has 0 saturated carbocycles. The summed E-state index contributed by atoms with van der Waals surface area (Å²) in [7, 11) is 0. The minimum absolute atomic E-state index is 0.224. The Hall–Kier alpha value is -1.40. The summed E-state index contributed by atoms with van der Waals surface area (Å²) < 4.78 is 0.978. The maximum Gasteiger partial charge on any atom is 0.324 e. The summed E-state index contributed by atoms with van der Waals surface area (Å²) in [6, 6.07) is 7.15. The highest BCUT2D eigenvalue weighted by atomic mass is 79.9. The van der Waals surface area contributed by atoms with Gasteiger partial charge in [0.25, 0.3) is 0 Å². The van der Waals surface area contributed by atoms with E-state index in [0.717, 1.165) is 14.9 Å². The summed E-state index contributed by atoms with van der Waals surface area (Å²) >= 11 is 3.33. The SMILES string of the molecule is CC(=O)N(CCN)C(=O)NCc1ccc(Br)cc1. The fourth-order valence-corrected chi connectivity index (χ4v) is 1.67. The topological polar surface area (TPSA) is 75.4 Å². The molecule has 1 rings (SSSR count). The summed E-state index contributed by atoms with van der Waals surface area (Å²) in [6.07, 6.45) is 0.